The molecule has 0 aliphatic heterocycles. The first-order valence-electron chi connectivity index (χ1n) is 10.8. The van der Waals surface area contributed by atoms with E-state index in [-0.39, 0.29) is 29.8 Å². The highest BCUT2D eigenvalue weighted by Crippen LogP contribution is 2.31. The van der Waals surface area contributed by atoms with Crippen molar-refractivity contribution in [3.05, 3.63) is 87.9 Å². The number of carboxylic acids is 1. The molecule has 0 spiro atoms. The van der Waals surface area contributed by atoms with Crippen LogP contribution in [0.1, 0.15) is 39.6 Å². The number of aliphatic hydroxyl groups excluding tert-OH is 1. The van der Waals surface area contributed by atoms with Gasteiger partial charge in [0.05, 0.1) is 13.2 Å². The van der Waals surface area contributed by atoms with Crippen molar-refractivity contribution in [2.45, 2.75) is 31.4 Å². The molecule has 0 saturated carbocycles. The third-order valence-electron chi connectivity index (χ3n) is 5.90. The van der Waals surface area contributed by atoms with Gasteiger partial charge in [-0.2, -0.15) is 0 Å². The Morgan fingerprint density at radius 2 is 1.79 bits per heavy atom. The number of hydrogen-bond donors (Lipinski definition) is 3. The molecule has 0 saturated heterocycles. The van der Waals surface area contributed by atoms with Crippen molar-refractivity contribution in [2.75, 3.05) is 13.7 Å². The first kappa shape index (κ1) is 25.8. The fourth-order valence-electron chi connectivity index (χ4n) is 4.11. The van der Waals surface area contributed by atoms with E-state index in [2.05, 4.69) is 11.4 Å². The number of carbonyl (C=O) groups is 1. The second kappa shape index (κ2) is 11.6. The molecule has 1 aliphatic rings. The minimum atomic E-state index is -1.07. The molecule has 34 heavy (non-hydrogen) atoms. The van der Waals surface area contributed by atoms with Gasteiger partial charge in [0, 0.05) is 17.6 Å². The zero-order valence-corrected chi connectivity index (χ0v) is 20.2. The van der Waals surface area contributed by atoms with Crippen LogP contribution in [0.2, 0.25) is 5.02 Å². The Labute approximate surface area is 209 Å². The number of carboxylic acid groups (broad SMARTS) is 1. The third-order valence-corrected chi connectivity index (χ3v) is 6.15. The lowest BCUT2D eigenvalue weighted by Crippen LogP contribution is -2.37. The number of nitrogens with one attached hydrogen (secondary N) is 1. The van der Waals surface area contributed by atoms with Gasteiger partial charge in [0.2, 0.25) is 0 Å². The molecular formula is C26H27Cl2NO5. The minimum Gasteiger partial charge on any atom is -0.496 e. The van der Waals surface area contributed by atoms with Gasteiger partial charge in [-0.3, -0.25) is 0 Å². The molecule has 0 radical (unpaired) electrons. The van der Waals surface area contributed by atoms with Crippen LogP contribution in [-0.2, 0) is 12.8 Å². The smallest absolute Gasteiger partial charge is 0.339 e. The van der Waals surface area contributed by atoms with Crippen molar-refractivity contribution in [1.82, 2.24) is 5.32 Å². The summed E-state index contributed by atoms with van der Waals surface area (Å²) in [7, 11) is 1.44. The summed E-state index contributed by atoms with van der Waals surface area (Å²) in [5.74, 6) is 0.300. The van der Waals surface area contributed by atoms with E-state index in [4.69, 9.17) is 21.1 Å². The standard InChI is InChI=1S/C26H26ClNO5.ClH/c1-32-25-11-10-22(14-23(25)26(30)31)33-21-9-5-16-4-8-20(12-18(16)13-21)28-15-24(29)17-2-6-19(27)7-3-17;/h2-3,5-7,9-11,13-14,20,24,28-29H,4,8,12,15H2,1H3,(H,30,31);1H/t20-,24-;/m0./s1. The number of rotatable bonds is 8. The first-order valence-corrected chi connectivity index (χ1v) is 11.2. The second-order valence-electron chi connectivity index (χ2n) is 8.12. The SMILES string of the molecule is COc1ccc(Oc2ccc3c(c2)C[C@@H](NC[C@H](O)c2ccc(Cl)cc2)CC3)cc1C(=O)O.Cl. The van der Waals surface area contributed by atoms with Gasteiger partial charge >= 0.3 is 5.97 Å². The number of methoxy groups -OCH3 is 1. The van der Waals surface area contributed by atoms with Gasteiger partial charge in [0.1, 0.15) is 22.8 Å². The maximum Gasteiger partial charge on any atom is 0.339 e. The highest BCUT2D eigenvalue weighted by Gasteiger charge is 2.20. The summed E-state index contributed by atoms with van der Waals surface area (Å²) in [5, 5.41) is 24.0. The van der Waals surface area contributed by atoms with Crippen LogP contribution in [0.5, 0.6) is 17.2 Å². The first-order chi connectivity index (χ1) is 15.9. The normalized spacial score (nSPS) is 15.6. The average Bonchev–Trinajstić information content (AvgIpc) is 2.82. The zero-order chi connectivity index (χ0) is 23.4. The Bertz CT molecular complexity index is 1140. The third kappa shape index (κ3) is 6.21. The number of aliphatic hydroxyl groups is 1. The Hall–Kier alpha value is -2.77. The summed E-state index contributed by atoms with van der Waals surface area (Å²) in [4.78, 5) is 11.5. The number of ether oxygens (including phenoxy) is 2. The molecule has 0 aromatic heterocycles. The molecule has 3 aromatic carbocycles. The lowest BCUT2D eigenvalue weighted by molar-refractivity contribution is 0.0693. The van der Waals surface area contributed by atoms with E-state index in [0.717, 1.165) is 24.8 Å². The molecule has 0 unspecified atom stereocenters. The molecule has 0 fully saturated rings. The van der Waals surface area contributed by atoms with Crippen LogP contribution in [0, 0.1) is 0 Å². The Morgan fingerprint density at radius 1 is 1.09 bits per heavy atom. The number of fused-ring (bicyclic) bond motifs is 1. The molecule has 0 heterocycles. The summed E-state index contributed by atoms with van der Waals surface area (Å²) in [6, 6.07) is 18.2. The van der Waals surface area contributed by atoms with E-state index < -0.39 is 12.1 Å². The zero-order valence-electron chi connectivity index (χ0n) is 18.7. The van der Waals surface area contributed by atoms with E-state index in [9.17, 15) is 15.0 Å². The summed E-state index contributed by atoms with van der Waals surface area (Å²) < 4.78 is 11.0. The molecule has 3 aromatic rings. The van der Waals surface area contributed by atoms with E-state index in [1.54, 1.807) is 24.3 Å². The van der Waals surface area contributed by atoms with E-state index in [1.807, 2.05) is 24.3 Å². The second-order valence-corrected chi connectivity index (χ2v) is 8.55. The molecule has 180 valence electrons. The molecule has 6 nitrogen and oxygen atoms in total. The van der Waals surface area contributed by atoms with Gasteiger partial charge in [-0.15, -0.1) is 12.4 Å². The Balaban J connectivity index is 0.00000324. The molecule has 1 aliphatic carbocycles. The van der Waals surface area contributed by atoms with Crippen molar-refractivity contribution in [3.8, 4) is 17.2 Å². The quantitative estimate of drug-likeness (QED) is 0.379. The number of halogens is 2. The van der Waals surface area contributed by atoms with Gasteiger partial charge in [-0.1, -0.05) is 29.8 Å². The lowest BCUT2D eigenvalue weighted by Gasteiger charge is -2.27. The van der Waals surface area contributed by atoms with E-state index in [1.165, 1.54) is 24.3 Å². The number of hydrogen-bond acceptors (Lipinski definition) is 5. The fraction of sp³-hybridized carbons (Fsp3) is 0.269. The summed E-state index contributed by atoms with van der Waals surface area (Å²) >= 11 is 5.92. The van der Waals surface area contributed by atoms with Crippen LogP contribution >= 0.6 is 24.0 Å². The van der Waals surface area contributed by atoms with Gasteiger partial charge in [0.15, 0.2) is 0 Å². The van der Waals surface area contributed by atoms with E-state index >= 15 is 0 Å². The van der Waals surface area contributed by atoms with Gasteiger partial charge in [-0.05, 0) is 78.4 Å². The highest BCUT2D eigenvalue weighted by atomic mass is 35.5. The molecule has 8 heteroatoms. The van der Waals surface area contributed by atoms with Crippen LogP contribution < -0.4 is 14.8 Å². The van der Waals surface area contributed by atoms with Crippen molar-refractivity contribution in [1.29, 1.82) is 0 Å². The summed E-state index contributed by atoms with van der Waals surface area (Å²) in [6.07, 6.45) is 2.15. The van der Waals surface area contributed by atoms with Gasteiger partial charge < -0.3 is 25.0 Å². The van der Waals surface area contributed by atoms with Gasteiger partial charge in [0.25, 0.3) is 0 Å². The number of aromatic carboxylic acids is 1. The van der Waals surface area contributed by atoms with Gasteiger partial charge in [-0.25, -0.2) is 4.79 Å². The van der Waals surface area contributed by atoms with Crippen LogP contribution in [0.3, 0.4) is 0 Å². The summed E-state index contributed by atoms with van der Waals surface area (Å²) in [5.41, 5.74) is 3.35. The van der Waals surface area contributed by atoms with Crippen LogP contribution in [-0.4, -0.2) is 35.9 Å². The van der Waals surface area contributed by atoms with E-state index in [0.29, 0.717) is 23.1 Å². The monoisotopic (exact) mass is 503 g/mol. The molecule has 0 amide bonds. The van der Waals surface area contributed by atoms with Crippen molar-refractivity contribution in [2.24, 2.45) is 0 Å². The largest absolute Gasteiger partial charge is 0.496 e. The topological polar surface area (TPSA) is 88.0 Å². The fourth-order valence-corrected chi connectivity index (χ4v) is 4.23. The maximum absolute atomic E-state index is 11.5. The van der Waals surface area contributed by atoms with Crippen molar-refractivity contribution < 1.29 is 24.5 Å². The molecule has 3 N–H and O–H groups in total. The highest BCUT2D eigenvalue weighted by molar-refractivity contribution is 6.30. The lowest BCUT2D eigenvalue weighted by atomic mass is 9.88. The average molecular weight is 504 g/mol. The van der Waals surface area contributed by atoms with Crippen LogP contribution in [0.15, 0.2) is 60.7 Å². The van der Waals surface area contributed by atoms with Crippen LogP contribution in [0.25, 0.3) is 0 Å². The molecule has 4 rings (SSSR count). The van der Waals surface area contributed by atoms with Crippen LogP contribution in [0.4, 0.5) is 0 Å². The van der Waals surface area contributed by atoms with Crippen molar-refractivity contribution in [3.63, 3.8) is 0 Å². The Morgan fingerprint density at radius 3 is 2.50 bits per heavy atom. The van der Waals surface area contributed by atoms with Crippen molar-refractivity contribution >= 4 is 30.0 Å². The predicted molar refractivity (Wildman–Crippen MR) is 134 cm³/mol. The summed E-state index contributed by atoms with van der Waals surface area (Å²) in [6.45, 7) is 0.460. The molecule has 0 bridgehead atoms. The number of aryl methyl sites for hydroxylation is 1. The maximum atomic E-state index is 11.5. The molecule has 2 atom stereocenters. The number of benzene rings is 3. The predicted octanol–water partition coefficient (Wildman–Crippen LogP) is 5.44. The Kier molecular flexibility index (Phi) is 8.80. The minimum absolute atomic E-state index is 0. The molecular weight excluding hydrogens is 477 g/mol.